The van der Waals surface area contributed by atoms with Crippen LogP contribution in [0.5, 0.6) is 5.75 Å². The molecule has 0 spiro atoms. The van der Waals surface area contributed by atoms with Crippen molar-refractivity contribution in [3.05, 3.63) is 70.3 Å². The molecule has 4 amide bonds. The number of non-ortho nitro benzene ring substituents is 1. The molecule has 0 aromatic heterocycles. The van der Waals surface area contributed by atoms with E-state index in [-0.39, 0.29) is 25.5 Å². The highest BCUT2D eigenvalue weighted by atomic mass is 32.2. The van der Waals surface area contributed by atoms with E-state index in [1.54, 1.807) is 37.3 Å². The number of carbonyl (C=O) groups excluding carboxylic acids is 5. The van der Waals surface area contributed by atoms with Gasteiger partial charge in [0.1, 0.15) is 36.4 Å². The van der Waals surface area contributed by atoms with Gasteiger partial charge in [-0.15, -0.1) is 11.8 Å². The third kappa shape index (κ3) is 6.74. The van der Waals surface area contributed by atoms with E-state index in [2.05, 4.69) is 5.32 Å². The Bertz CT molecular complexity index is 1360. The quantitative estimate of drug-likeness (QED) is 0.178. The van der Waals surface area contributed by atoms with Gasteiger partial charge in [0.15, 0.2) is 6.61 Å². The molecular formula is C26H26N4O10S. The van der Waals surface area contributed by atoms with Crippen molar-refractivity contribution in [1.82, 2.24) is 15.5 Å². The molecule has 2 aromatic carbocycles. The van der Waals surface area contributed by atoms with Crippen LogP contribution in [0.1, 0.15) is 19.4 Å². The number of β-lactam (4-membered cyclic amide) rings is 1. The maximum Gasteiger partial charge on any atom is 0.413 e. The minimum absolute atomic E-state index is 0.128. The molecule has 4 unspecified atom stereocenters. The summed E-state index contributed by atoms with van der Waals surface area (Å²) < 4.78 is 14.8. The fourth-order valence-corrected chi connectivity index (χ4v) is 6.02. The third-order valence-electron chi connectivity index (χ3n) is 6.28. The lowest BCUT2D eigenvalue weighted by molar-refractivity contribution is -0.384. The number of fused-ring (bicyclic) bond motifs is 1. The Morgan fingerprint density at radius 1 is 1.07 bits per heavy atom. The first-order valence-electron chi connectivity index (χ1n) is 12.3. The Labute approximate surface area is 237 Å². The van der Waals surface area contributed by atoms with Gasteiger partial charge in [0, 0.05) is 19.1 Å². The van der Waals surface area contributed by atoms with Crippen LogP contribution in [0.25, 0.3) is 0 Å². The highest BCUT2D eigenvalue weighted by Crippen LogP contribution is 2.51. The number of nitrogens with zero attached hydrogens (tertiary/aromatic N) is 2. The van der Waals surface area contributed by atoms with Crippen molar-refractivity contribution in [2.45, 2.75) is 42.7 Å². The molecule has 2 fully saturated rings. The van der Waals surface area contributed by atoms with E-state index in [4.69, 9.17) is 14.2 Å². The summed E-state index contributed by atoms with van der Waals surface area (Å²) in [5.74, 6) is -2.05. The van der Waals surface area contributed by atoms with Crippen molar-refractivity contribution in [1.29, 1.82) is 0 Å². The van der Waals surface area contributed by atoms with E-state index < -0.39 is 56.9 Å². The number of carbonyl (C=O) groups is 5. The normalized spacial score (nSPS) is 22.5. The summed E-state index contributed by atoms with van der Waals surface area (Å²) in [6.07, 6.45) is -1.03. The van der Waals surface area contributed by atoms with Crippen LogP contribution in [0.3, 0.4) is 0 Å². The largest absolute Gasteiger partial charge is 0.484 e. The molecule has 4 rings (SSSR count). The number of nitro groups is 1. The van der Waals surface area contributed by atoms with Gasteiger partial charge >= 0.3 is 12.1 Å². The first-order valence-corrected chi connectivity index (χ1v) is 13.2. The molecule has 2 aromatic rings. The maximum atomic E-state index is 13.3. The van der Waals surface area contributed by atoms with E-state index in [1.807, 2.05) is 5.32 Å². The molecule has 2 aliphatic rings. The Kier molecular flexibility index (Phi) is 8.76. The maximum absolute atomic E-state index is 13.3. The molecule has 2 saturated heterocycles. The lowest BCUT2D eigenvalue weighted by Gasteiger charge is -2.43. The zero-order valence-corrected chi connectivity index (χ0v) is 22.8. The Hall–Kier alpha value is -4.66. The number of ether oxygens (including phenoxy) is 3. The van der Waals surface area contributed by atoms with Crippen molar-refractivity contribution >= 4 is 47.2 Å². The standard InChI is InChI=1S/C26H26N4O10S/c1-15(31)27-25(35)40-14-26(2)21(24(34)39-12-16-8-10-17(11-9-16)30(36)37)29-22(33)20(23(29)41-26)28-19(32)13-38-18-6-4-3-5-7-18/h3-11,20-21,23H,12-14H2,1-2H3,(H,28,32)(H,27,31,35). The average molecular weight is 587 g/mol. The first kappa shape index (κ1) is 29.3. The molecule has 216 valence electrons. The summed E-state index contributed by atoms with van der Waals surface area (Å²) in [5.41, 5.74) is 0.348. The minimum Gasteiger partial charge on any atom is -0.484 e. The zero-order valence-electron chi connectivity index (χ0n) is 21.9. The highest BCUT2D eigenvalue weighted by molar-refractivity contribution is 8.01. The highest BCUT2D eigenvalue weighted by Gasteiger charge is 2.66. The second-order valence-electron chi connectivity index (χ2n) is 9.40. The van der Waals surface area contributed by atoms with Crippen LogP contribution >= 0.6 is 11.8 Å². The second kappa shape index (κ2) is 12.2. The molecule has 0 bridgehead atoms. The summed E-state index contributed by atoms with van der Waals surface area (Å²) >= 11 is 1.14. The lowest BCUT2D eigenvalue weighted by atomic mass is 9.95. The predicted molar refractivity (Wildman–Crippen MR) is 142 cm³/mol. The molecule has 41 heavy (non-hydrogen) atoms. The Morgan fingerprint density at radius 3 is 2.39 bits per heavy atom. The van der Waals surface area contributed by atoms with Crippen molar-refractivity contribution in [3.63, 3.8) is 0 Å². The van der Waals surface area contributed by atoms with Crippen LogP contribution in [0.4, 0.5) is 10.5 Å². The van der Waals surface area contributed by atoms with Crippen molar-refractivity contribution in [3.8, 4) is 5.75 Å². The number of esters is 1. The van der Waals surface area contributed by atoms with Gasteiger partial charge in [-0.3, -0.25) is 29.8 Å². The number of nitro benzene ring substituents is 1. The van der Waals surface area contributed by atoms with Gasteiger partial charge in [-0.25, -0.2) is 9.59 Å². The van der Waals surface area contributed by atoms with Gasteiger partial charge in [0.25, 0.3) is 11.6 Å². The predicted octanol–water partition coefficient (Wildman–Crippen LogP) is 1.52. The van der Waals surface area contributed by atoms with E-state index in [0.29, 0.717) is 11.3 Å². The summed E-state index contributed by atoms with van der Waals surface area (Å²) in [6.45, 7) is 1.79. The van der Waals surface area contributed by atoms with Gasteiger partial charge in [-0.2, -0.15) is 0 Å². The number of thioether (sulfide) groups is 1. The molecule has 4 atom stereocenters. The Morgan fingerprint density at radius 2 is 1.76 bits per heavy atom. The number of rotatable bonds is 10. The minimum atomic E-state index is -1.21. The van der Waals surface area contributed by atoms with E-state index in [9.17, 15) is 34.1 Å². The monoisotopic (exact) mass is 586 g/mol. The molecule has 2 heterocycles. The fourth-order valence-electron chi connectivity index (χ4n) is 4.35. The van der Waals surface area contributed by atoms with E-state index >= 15 is 0 Å². The number of para-hydroxylation sites is 1. The summed E-state index contributed by atoms with van der Waals surface area (Å²) in [5, 5.41) is 14.8. The first-order chi connectivity index (χ1) is 19.5. The van der Waals surface area contributed by atoms with Gasteiger partial charge in [0.05, 0.1) is 9.67 Å². The lowest BCUT2D eigenvalue weighted by Crippen LogP contribution is -2.71. The summed E-state index contributed by atoms with van der Waals surface area (Å²) in [4.78, 5) is 73.7. The summed E-state index contributed by atoms with van der Waals surface area (Å²) in [7, 11) is 0. The number of imide groups is 1. The van der Waals surface area contributed by atoms with Crippen LogP contribution in [0, 0.1) is 10.1 Å². The number of alkyl carbamates (subject to hydrolysis) is 1. The van der Waals surface area contributed by atoms with E-state index in [0.717, 1.165) is 18.7 Å². The van der Waals surface area contributed by atoms with Gasteiger partial charge in [0.2, 0.25) is 11.8 Å². The number of nitrogens with one attached hydrogen (secondary N) is 2. The molecule has 15 heteroatoms. The van der Waals surface area contributed by atoms with Crippen LogP contribution in [-0.2, 0) is 35.3 Å². The molecule has 0 saturated carbocycles. The molecule has 14 nitrogen and oxygen atoms in total. The van der Waals surface area contributed by atoms with Crippen LogP contribution in [0.15, 0.2) is 54.6 Å². The SMILES string of the molecule is CC(=O)NC(=O)OCC1(C)SC2C(NC(=O)COc3ccccc3)C(=O)N2C1C(=O)OCc1ccc([N+](=O)[O-])cc1. The van der Waals surface area contributed by atoms with E-state index in [1.165, 1.54) is 29.2 Å². The second-order valence-corrected chi connectivity index (χ2v) is 11.1. The van der Waals surface area contributed by atoms with Crippen molar-refractivity contribution < 1.29 is 43.1 Å². The smallest absolute Gasteiger partial charge is 0.413 e. The van der Waals surface area contributed by atoms with Crippen LogP contribution < -0.4 is 15.4 Å². The number of hydrogen-bond donors (Lipinski definition) is 2. The number of hydrogen-bond acceptors (Lipinski definition) is 11. The van der Waals surface area contributed by atoms with Crippen molar-refractivity contribution in [2.75, 3.05) is 13.2 Å². The topological polar surface area (TPSA) is 183 Å². The van der Waals surface area contributed by atoms with Crippen LogP contribution in [-0.4, -0.2) is 75.0 Å². The van der Waals surface area contributed by atoms with Crippen molar-refractivity contribution in [2.24, 2.45) is 0 Å². The molecule has 2 N–H and O–H groups in total. The molecule has 0 aliphatic carbocycles. The molecule has 0 radical (unpaired) electrons. The third-order valence-corrected chi connectivity index (χ3v) is 7.90. The molecule has 2 aliphatic heterocycles. The van der Waals surface area contributed by atoms with Crippen LogP contribution in [0.2, 0.25) is 0 Å². The van der Waals surface area contributed by atoms with Gasteiger partial charge in [-0.1, -0.05) is 18.2 Å². The van der Waals surface area contributed by atoms with Gasteiger partial charge < -0.3 is 24.4 Å². The Balaban J connectivity index is 1.44. The number of amides is 4. The fraction of sp³-hybridized carbons (Fsp3) is 0.346. The number of benzene rings is 2. The zero-order chi connectivity index (χ0) is 29.7. The summed E-state index contributed by atoms with van der Waals surface area (Å²) in [6, 6.07) is 11.9. The molecular weight excluding hydrogens is 560 g/mol. The average Bonchev–Trinajstić information content (AvgIpc) is 3.22. The van der Waals surface area contributed by atoms with Gasteiger partial charge in [-0.05, 0) is 36.8 Å².